The van der Waals surface area contributed by atoms with Crippen LogP contribution in [0.1, 0.15) is 39.3 Å². The molecule has 4 nitrogen and oxygen atoms in total. The van der Waals surface area contributed by atoms with E-state index in [9.17, 15) is 4.39 Å². The van der Waals surface area contributed by atoms with Gasteiger partial charge in [-0.25, -0.2) is 13.9 Å². The van der Waals surface area contributed by atoms with Crippen molar-refractivity contribution in [1.29, 1.82) is 0 Å². The first-order chi connectivity index (χ1) is 11.7. The number of nitrogens with zero attached hydrogens (tertiary/aromatic N) is 3. The molecule has 3 aromatic rings. The molecule has 0 unspecified atom stereocenters. The highest BCUT2D eigenvalue weighted by molar-refractivity contribution is 7.98. The Balaban J connectivity index is 2.10. The lowest BCUT2D eigenvalue weighted by Gasteiger charge is -2.23. The van der Waals surface area contributed by atoms with Crippen LogP contribution in [0.4, 0.5) is 4.39 Å². The minimum Gasteiger partial charge on any atom is -0.256 e. The first-order valence-electron chi connectivity index (χ1n) is 7.98. The maximum absolute atomic E-state index is 13.7. The Kier molecular flexibility index (Phi) is 5.04. The second kappa shape index (κ2) is 6.94. The zero-order valence-electron chi connectivity index (χ0n) is 14.5. The van der Waals surface area contributed by atoms with Crippen LogP contribution in [-0.2, 0) is 0 Å². The van der Waals surface area contributed by atoms with Crippen molar-refractivity contribution in [2.75, 3.05) is 0 Å². The lowest BCUT2D eigenvalue weighted by Crippen LogP contribution is -2.21. The fourth-order valence-corrected chi connectivity index (χ4v) is 3.24. The van der Waals surface area contributed by atoms with Gasteiger partial charge in [-0.05, 0) is 39.8 Å². The number of hydrogen-bond acceptors (Lipinski definition) is 4. The van der Waals surface area contributed by atoms with Gasteiger partial charge in [0.2, 0.25) is 0 Å². The molecule has 0 aliphatic carbocycles. The van der Waals surface area contributed by atoms with E-state index in [1.165, 1.54) is 12.1 Å². The van der Waals surface area contributed by atoms with E-state index in [2.05, 4.69) is 42.5 Å². The summed E-state index contributed by atoms with van der Waals surface area (Å²) in [7, 11) is 0. The van der Waals surface area contributed by atoms with Gasteiger partial charge >= 0.3 is 0 Å². The number of halogens is 2. The van der Waals surface area contributed by atoms with Crippen LogP contribution in [0.3, 0.4) is 0 Å². The smallest absolute Gasteiger partial charge is 0.174 e. The van der Waals surface area contributed by atoms with Crippen molar-refractivity contribution < 1.29 is 4.39 Å². The Bertz CT molecular complexity index is 904. The molecule has 0 fully saturated rings. The van der Waals surface area contributed by atoms with Crippen LogP contribution in [0, 0.1) is 5.82 Å². The summed E-state index contributed by atoms with van der Waals surface area (Å²) in [6.07, 6.45) is 3.46. The third-order valence-electron chi connectivity index (χ3n) is 3.59. The third-order valence-corrected chi connectivity index (χ3v) is 4.94. The summed E-state index contributed by atoms with van der Waals surface area (Å²) < 4.78 is 18.9. The van der Waals surface area contributed by atoms with E-state index in [-0.39, 0.29) is 16.6 Å². The predicted molar refractivity (Wildman–Crippen MR) is 102 cm³/mol. The van der Waals surface area contributed by atoms with Crippen molar-refractivity contribution in [2.45, 2.75) is 38.5 Å². The SMILES string of the molecule is C[C@H](NSC(C)(C)C)c1cn2ncc(Cl)c2nc1-c1cccc(F)c1. The molecule has 0 aliphatic heterocycles. The van der Waals surface area contributed by atoms with Crippen molar-refractivity contribution in [1.82, 2.24) is 19.3 Å². The van der Waals surface area contributed by atoms with Crippen LogP contribution < -0.4 is 4.72 Å². The van der Waals surface area contributed by atoms with Gasteiger partial charge in [0.25, 0.3) is 0 Å². The largest absolute Gasteiger partial charge is 0.256 e. The number of aromatic nitrogens is 3. The Hall–Kier alpha value is -1.63. The molecule has 2 heterocycles. The molecule has 0 saturated heterocycles. The van der Waals surface area contributed by atoms with Gasteiger partial charge in [-0.3, -0.25) is 4.72 Å². The molecular weight excluding hydrogens is 359 g/mol. The van der Waals surface area contributed by atoms with E-state index in [4.69, 9.17) is 11.6 Å². The fraction of sp³-hybridized carbons (Fsp3) is 0.333. The van der Waals surface area contributed by atoms with Crippen LogP contribution in [-0.4, -0.2) is 19.3 Å². The molecule has 0 spiro atoms. The Morgan fingerprint density at radius 2 is 2.08 bits per heavy atom. The molecular formula is C18H20ClFN4S. The summed E-state index contributed by atoms with van der Waals surface area (Å²) in [6.45, 7) is 8.47. The molecule has 0 aliphatic rings. The summed E-state index contributed by atoms with van der Waals surface area (Å²) in [5.74, 6) is -0.297. The highest BCUT2D eigenvalue weighted by atomic mass is 35.5. The minimum atomic E-state index is -0.297. The maximum Gasteiger partial charge on any atom is 0.174 e. The molecule has 7 heteroatoms. The average molecular weight is 379 g/mol. The molecule has 132 valence electrons. The highest BCUT2D eigenvalue weighted by Crippen LogP contribution is 2.31. The van der Waals surface area contributed by atoms with E-state index in [1.807, 2.05) is 12.3 Å². The van der Waals surface area contributed by atoms with Crippen LogP contribution in [0.15, 0.2) is 36.7 Å². The van der Waals surface area contributed by atoms with Gasteiger partial charge in [0.15, 0.2) is 5.65 Å². The summed E-state index contributed by atoms with van der Waals surface area (Å²) in [6, 6.07) is 6.42. The standard InChI is InChI=1S/C18H20ClFN4S/c1-11(23-25-18(2,3)4)14-10-24-17(15(19)9-21-24)22-16(14)12-6-5-7-13(20)8-12/h5-11,23H,1-4H3/t11-/m0/s1. The van der Waals surface area contributed by atoms with Gasteiger partial charge in [0, 0.05) is 28.1 Å². The quantitative estimate of drug-likeness (QED) is 0.626. The van der Waals surface area contributed by atoms with Crippen molar-refractivity contribution in [3.05, 3.63) is 53.1 Å². The van der Waals surface area contributed by atoms with E-state index in [1.54, 1.807) is 28.7 Å². The monoisotopic (exact) mass is 378 g/mol. The molecule has 1 aromatic carbocycles. The van der Waals surface area contributed by atoms with Gasteiger partial charge in [0.05, 0.1) is 11.9 Å². The highest BCUT2D eigenvalue weighted by Gasteiger charge is 2.20. The van der Waals surface area contributed by atoms with Crippen LogP contribution >= 0.6 is 23.5 Å². The predicted octanol–water partition coefficient (Wildman–Crippen LogP) is 5.29. The van der Waals surface area contributed by atoms with Crippen molar-refractivity contribution in [3.63, 3.8) is 0 Å². The second-order valence-electron chi connectivity index (χ2n) is 6.87. The summed E-state index contributed by atoms with van der Waals surface area (Å²) in [4.78, 5) is 4.66. The molecule has 0 saturated carbocycles. The van der Waals surface area contributed by atoms with E-state index < -0.39 is 0 Å². The molecule has 2 aromatic heterocycles. The normalized spacial score (nSPS) is 13.4. The molecule has 1 atom stereocenters. The number of nitrogens with one attached hydrogen (secondary N) is 1. The van der Waals surface area contributed by atoms with Gasteiger partial charge in [0.1, 0.15) is 10.8 Å². The van der Waals surface area contributed by atoms with E-state index in [0.29, 0.717) is 21.9 Å². The Labute approximate surface area is 155 Å². The van der Waals surface area contributed by atoms with Crippen LogP contribution in [0.5, 0.6) is 0 Å². The molecule has 3 rings (SSSR count). The lowest BCUT2D eigenvalue weighted by atomic mass is 10.0. The first-order valence-corrected chi connectivity index (χ1v) is 9.17. The molecule has 0 amide bonds. The van der Waals surface area contributed by atoms with Gasteiger partial charge in [-0.1, -0.05) is 35.7 Å². The average Bonchev–Trinajstić information content (AvgIpc) is 2.91. The van der Waals surface area contributed by atoms with Crippen molar-refractivity contribution >= 4 is 29.2 Å². The number of rotatable bonds is 4. The zero-order valence-corrected chi connectivity index (χ0v) is 16.1. The fourth-order valence-electron chi connectivity index (χ4n) is 2.41. The van der Waals surface area contributed by atoms with Crippen molar-refractivity contribution in [3.8, 4) is 11.3 Å². The number of fused-ring (bicyclic) bond motifs is 1. The van der Waals surface area contributed by atoms with Crippen molar-refractivity contribution in [2.24, 2.45) is 0 Å². The van der Waals surface area contributed by atoms with Crippen LogP contribution in [0.2, 0.25) is 5.02 Å². The number of benzene rings is 1. The first kappa shape index (κ1) is 18.2. The van der Waals surface area contributed by atoms with Gasteiger partial charge < -0.3 is 0 Å². The summed E-state index contributed by atoms with van der Waals surface area (Å²) >= 11 is 7.82. The minimum absolute atomic E-state index is 0.0117. The Morgan fingerprint density at radius 1 is 1.32 bits per heavy atom. The van der Waals surface area contributed by atoms with E-state index >= 15 is 0 Å². The second-order valence-corrected chi connectivity index (χ2v) is 8.94. The summed E-state index contributed by atoms with van der Waals surface area (Å²) in [5.41, 5.74) is 2.89. The van der Waals surface area contributed by atoms with Crippen LogP contribution in [0.25, 0.3) is 16.9 Å². The molecule has 25 heavy (non-hydrogen) atoms. The zero-order chi connectivity index (χ0) is 18.2. The Morgan fingerprint density at radius 3 is 2.76 bits per heavy atom. The third kappa shape index (κ3) is 4.14. The van der Waals surface area contributed by atoms with Gasteiger partial charge in [-0.15, -0.1) is 0 Å². The topological polar surface area (TPSA) is 42.2 Å². The molecule has 0 radical (unpaired) electrons. The van der Waals surface area contributed by atoms with Gasteiger partial charge in [-0.2, -0.15) is 5.10 Å². The maximum atomic E-state index is 13.7. The summed E-state index contributed by atoms with van der Waals surface area (Å²) in [5, 5.41) is 4.70. The molecule has 1 N–H and O–H groups in total. The number of hydrogen-bond donors (Lipinski definition) is 1. The lowest BCUT2D eigenvalue weighted by molar-refractivity contribution is 0.628. The molecule has 0 bridgehead atoms. The van der Waals surface area contributed by atoms with E-state index in [0.717, 1.165) is 5.56 Å².